The summed E-state index contributed by atoms with van der Waals surface area (Å²) in [6.07, 6.45) is 7.76. The third kappa shape index (κ3) is 2.22. The highest BCUT2D eigenvalue weighted by atomic mass is 79.9. The number of hydrogen-bond acceptors (Lipinski definition) is 2. The van der Waals surface area contributed by atoms with E-state index in [0.29, 0.717) is 5.92 Å². The van der Waals surface area contributed by atoms with Crippen LogP contribution in [0.2, 0.25) is 0 Å². The van der Waals surface area contributed by atoms with Crippen molar-refractivity contribution in [2.45, 2.75) is 37.8 Å². The summed E-state index contributed by atoms with van der Waals surface area (Å²) in [5, 5.41) is 5.41. The minimum Gasteiger partial charge on any atom is -0.356 e. The lowest BCUT2D eigenvalue weighted by molar-refractivity contribution is -0.0366. The SMILES string of the molecule is C=C[C@H]1C[C@H]1c1c(F)cc2c(cnn2C2CCCCO2)c1Br. The van der Waals surface area contributed by atoms with E-state index in [0.717, 1.165) is 53.2 Å². The van der Waals surface area contributed by atoms with Crippen LogP contribution in [0.4, 0.5) is 4.39 Å². The summed E-state index contributed by atoms with van der Waals surface area (Å²) < 4.78 is 23.1. The molecule has 1 aliphatic heterocycles. The topological polar surface area (TPSA) is 27.1 Å². The maximum atomic E-state index is 14.7. The minimum absolute atomic E-state index is 0.0785. The van der Waals surface area contributed by atoms with Crippen molar-refractivity contribution in [3.63, 3.8) is 0 Å². The predicted octanol–water partition coefficient (Wildman–Crippen LogP) is 4.93. The first-order valence-electron chi connectivity index (χ1n) is 7.80. The molecule has 3 nitrogen and oxygen atoms in total. The lowest BCUT2D eigenvalue weighted by atomic mass is 10.1. The number of benzene rings is 1. The predicted molar refractivity (Wildman–Crippen MR) is 87.3 cm³/mol. The molecular formula is C17H18BrFN2O. The van der Waals surface area contributed by atoms with Gasteiger partial charge in [0, 0.05) is 28.1 Å². The largest absolute Gasteiger partial charge is 0.356 e. The van der Waals surface area contributed by atoms with Crippen molar-refractivity contribution < 1.29 is 9.13 Å². The molecule has 2 heterocycles. The van der Waals surface area contributed by atoms with Crippen LogP contribution >= 0.6 is 15.9 Å². The van der Waals surface area contributed by atoms with Gasteiger partial charge < -0.3 is 4.74 Å². The first-order chi connectivity index (χ1) is 10.7. The van der Waals surface area contributed by atoms with E-state index >= 15 is 0 Å². The molecule has 22 heavy (non-hydrogen) atoms. The summed E-state index contributed by atoms with van der Waals surface area (Å²) in [7, 11) is 0. The van der Waals surface area contributed by atoms with Crippen LogP contribution in [0.3, 0.4) is 0 Å². The maximum Gasteiger partial charge on any atom is 0.150 e. The molecule has 1 aromatic heterocycles. The molecule has 2 aliphatic rings. The van der Waals surface area contributed by atoms with Crippen LogP contribution in [-0.4, -0.2) is 16.4 Å². The first kappa shape index (κ1) is 14.4. The van der Waals surface area contributed by atoms with Crippen molar-refractivity contribution >= 4 is 26.8 Å². The van der Waals surface area contributed by atoms with Gasteiger partial charge in [-0.25, -0.2) is 9.07 Å². The lowest BCUT2D eigenvalue weighted by Gasteiger charge is -2.23. The van der Waals surface area contributed by atoms with Gasteiger partial charge in [0.2, 0.25) is 0 Å². The summed E-state index contributed by atoms with van der Waals surface area (Å²) >= 11 is 3.60. The number of hydrogen-bond donors (Lipinski definition) is 0. The van der Waals surface area contributed by atoms with Crippen molar-refractivity contribution in [3.05, 3.63) is 40.8 Å². The molecule has 1 unspecified atom stereocenters. The quantitative estimate of drug-likeness (QED) is 0.722. The zero-order valence-electron chi connectivity index (χ0n) is 12.3. The molecule has 4 rings (SSSR count). The summed E-state index contributed by atoms with van der Waals surface area (Å²) in [6, 6.07) is 1.61. The van der Waals surface area contributed by atoms with Crippen molar-refractivity contribution in [1.82, 2.24) is 9.78 Å². The lowest BCUT2D eigenvalue weighted by Crippen LogP contribution is -2.19. The molecular weight excluding hydrogens is 347 g/mol. The molecule has 0 radical (unpaired) electrons. The Morgan fingerprint density at radius 3 is 3.00 bits per heavy atom. The monoisotopic (exact) mass is 364 g/mol. The molecule has 116 valence electrons. The van der Waals surface area contributed by atoms with Gasteiger partial charge in [-0.05, 0) is 53.4 Å². The number of nitrogens with zero attached hydrogens (tertiary/aromatic N) is 2. The van der Waals surface area contributed by atoms with E-state index < -0.39 is 0 Å². The third-order valence-electron chi connectivity index (χ3n) is 4.77. The molecule has 0 spiro atoms. The van der Waals surface area contributed by atoms with Gasteiger partial charge in [-0.3, -0.25) is 0 Å². The van der Waals surface area contributed by atoms with E-state index in [4.69, 9.17) is 4.74 Å². The number of halogens is 2. The maximum absolute atomic E-state index is 14.7. The van der Waals surface area contributed by atoms with Crippen molar-refractivity contribution in [2.75, 3.05) is 6.61 Å². The number of ether oxygens (including phenoxy) is 1. The van der Waals surface area contributed by atoms with Crippen LogP contribution in [0.1, 0.15) is 43.4 Å². The standard InChI is InChI=1S/C17H18BrFN2O/c1-2-10-7-11(10)16-13(19)8-14-12(17(16)18)9-20-21(14)15-5-3-4-6-22-15/h2,8-11,15H,1,3-7H2/t10-,11+,15?/m0/s1. The Balaban J connectivity index is 1.79. The van der Waals surface area contributed by atoms with Gasteiger partial charge >= 0.3 is 0 Å². The molecule has 1 saturated heterocycles. The third-order valence-corrected chi connectivity index (χ3v) is 5.62. The van der Waals surface area contributed by atoms with E-state index in [2.05, 4.69) is 27.6 Å². The van der Waals surface area contributed by atoms with E-state index in [1.165, 1.54) is 0 Å². The van der Waals surface area contributed by atoms with E-state index in [1.54, 1.807) is 6.07 Å². The number of aromatic nitrogens is 2. The smallest absolute Gasteiger partial charge is 0.150 e. The first-order valence-corrected chi connectivity index (χ1v) is 8.59. The van der Waals surface area contributed by atoms with Crippen molar-refractivity contribution in [2.24, 2.45) is 5.92 Å². The Hall–Kier alpha value is -1.20. The summed E-state index contributed by atoms with van der Waals surface area (Å²) in [5.41, 5.74) is 1.57. The van der Waals surface area contributed by atoms with Crippen molar-refractivity contribution in [3.8, 4) is 0 Å². The van der Waals surface area contributed by atoms with Crippen LogP contribution in [0.15, 0.2) is 29.4 Å². The average molecular weight is 365 g/mol. The van der Waals surface area contributed by atoms with Crippen LogP contribution in [0.25, 0.3) is 10.9 Å². The molecule has 1 aliphatic carbocycles. The Labute approximate surface area is 137 Å². The number of rotatable bonds is 3. The fourth-order valence-corrected chi connectivity index (χ4v) is 4.21. The van der Waals surface area contributed by atoms with E-state index in [1.807, 2.05) is 17.0 Å². The minimum atomic E-state index is -0.161. The summed E-state index contributed by atoms with van der Waals surface area (Å²) in [4.78, 5) is 0. The average Bonchev–Trinajstić information content (AvgIpc) is 3.18. The molecule has 3 atom stereocenters. The van der Waals surface area contributed by atoms with Gasteiger partial charge in [0.25, 0.3) is 0 Å². The van der Waals surface area contributed by atoms with Gasteiger partial charge in [0.05, 0.1) is 11.7 Å². The fourth-order valence-electron chi connectivity index (χ4n) is 3.43. The summed E-state index contributed by atoms with van der Waals surface area (Å²) in [5.74, 6) is 0.469. The van der Waals surface area contributed by atoms with Crippen molar-refractivity contribution in [1.29, 1.82) is 0 Å². The molecule has 0 bridgehead atoms. The summed E-state index contributed by atoms with van der Waals surface area (Å²) in [6.45, 7) is 4.56. The van der Waals surface area contributed by atoms with Crippen LogP contribution in [0.5, 0.6) is 0 Å². The van der Waals surface area contributed by atoms with Gasteiger partial charge in [-0.2, -0.15) is 5.10 Å². The van der Waals surface area contributed by atoms with Gasteiger partial charge in [0.15, 0.2) is 6.23 Å². The second-order valence-corrected chi connectivity index (χ2v) is 6.96. The zero-order valence-corrected chi connectivity index (χ0v) is 13.9. The Morgan fingerprint density at radius 2 is 2.32 bits per heavy atom. The van der Waals surface area contributed by atoms with E-state index in [9.17, 15) is 4.39 Å². The molecule has 0 amide bonds. The van der Waals surface area contributed by atoms with Gasteiger partial charge in [-0.1, -0.05) is 6.08 Å². The van der Waals surface area contributed by atoms with Gasteiger partial charge in [0.1, 0.15) is 5.82 Å². The Kier molecular flexibility index (Phi) is 3.57. The highest BCUT2D eigenvalue weighted by Gasteiger charge is 2.39. The molecule has 1 aromatic carbocycles. The van der Waals surface area contributed by atoms with Crippen LogP contribution in [-0.2, 0) is 4.74 Å². The normalized spacial score (nSPS) is 28.0. The molecule has 5 heteroatoms. The molecule has 0 N–H and O–H groups in total. The van der Waals surface area contributed by atoms with Gasteiger partial charge in [-0.15, -0.1) is 6.58 Å². The zero-order chi connectivity index (χ0) is 15.3. The Morgan fingerprint density at radius 1 is 1.45 bits per heavy atom. The number of allylic oxidation sites excluding steroid dienone is 1. The Bertz CT molecular complexity index is 736. The van der Waals surface area contributed by atoms with E-state index in [-0.39, 0.29) is 18.0 Å². The second kappa shape index (κ2) is 5.46. The van der Waals surface area contributed by atoms with Crippen LogP contribution < -0.4 is 0 Å². The number of fused-ring (bicyclic) bond motifs is 1. The highest BCUT2D eigenvalue weighted by Crippen LogP contribution is 2.52. The second-order valence-electron chi connectivity index (χ2n) is 6.17. The molecule has 2 aromatic rings. The molecule has 2 fully saturated rings. The highest BCUT2D eigenvalue weighted by molar-refractivity contribution is 9.10. The van der Waals surface area contributed by atoms with Crippen LogP contribution in [0, 0.1) is 11.7 Å². The molecule has 1 saturated carbocycles. The fraction of sp³-hybridized carbons (Fsp3) is 0.471.